The highest BCUT2D eigenvalue weighted by Crippen LogP contribution is 2.36. The minimum atomic E-state index is -0.102. The van der Waals surface area contributed by atoms with Crippen molar-refractivity contribution in [3.63, 3.8) is 0 Å². The largest absolute Gasteiger partial charge is 0.497 e. The molecule has 1 aromatic carbocycles. The molecule has 5 rings (SSSR count). The molecule has 1 saturated carbocycles. The molecule has 6 heteroatoms. The number of nitrogens with zero attached hydrogens (tertiary/aromatic N) is 2. The van der Waals surface area contributed by atoms with Gasteiger partial charge in [0.25, 0.3) is 5.56 Å². The molecule has 0 bridgehead atoms. The van der Waals surface area contributed by atoms with Gasteiger partial charge in [-0.3, -0.25) is 9.36 Å². The van der Waals surface area contributed by atoms with Crippen LogP contribution in [0.2, 0.25) is 0 Å². The van der Waals surface area contributed by atoms with E-state index in [1.165, 1.54) is 18.5 Å². The molecule has 0 radical (unpaired) electrons. The number of methoxy groups -OCH3 is 1. The van der Waals surface area contributed by atoms with Gasteiger partial charge in [-0.2, -0.15) is 4.98 Å². The van der Waals surface area contributed by atoms with E-state index in [0.29, 0.717) is 36.2 Å². The second-order valence-corrected chi connectivity index (χ2v) is 7.83. The molecule has 1 N–H and O–H groups in total. The Hall–Kier alpha value is -3.54. The number of aromatic nitrogens is 2. The van der Waals surface area contributed by atoms with Crippen LogP contribution in [-0.4, -0.2) is 29.8 Å². The predicted octanol–water partition coefficient (Wildman–Crippen LogP) is 4.21. The van der Waals surface area contributed by atoms with Crippen molar-refractivity contribution >= 4 is 16.7 Å². The molecule has 2 aliphatic rings. The number of fused-ring (bicyclic) bond motifs is 1. The average Bonchev–Trinajstić information content (AvgIpc) is 3.65. The number of allylic oxidation sites excluding steroid dienone is 3. The molecule has 6 nitrogen and oxygen atoms in total. The normalized spacial score (nSPS) is 15.8. The molecule has 0 amide bonds. The maximum atomic E-state index is 13.7. The first-order chi connectivity index (χ1) is 15.2. The van der Waals surface area contributed by atoms with Crippen molar-refractivity contribution in [3.8, 4) is 22.8 Å². The van der Waals surface area contributed by atoms with Gasteiger partial charge >= 0.3 is 0 Å². The summed E-state index contributed by atoms with van der Waals surface area (Å²) in [6.07, 6.45) is 6.60. The van der Waals surface area contributed by atoms with Crippen LogP contribution in [0.1, 0.15) is 19.8 Å². The van der Waals surface area contributed by atoms with E-state index < -0.39 is 0 Å². The van der Waals surface area contributed by atoms with Gasteiger partial charge in [0.05, 0.1) is 20.3 Å². The molecule has 3 aromatic rings. The van der Waals surface area contributed by atoms with Crippen molar-refractivity contribution in [2.45, 2.75) is 19.8 Å². The van der Waals surface area contributed by atoms with Crippen LogP contribution >= 0.6 is 0 Å². The lowest BCUT2D eigenvalue weighted by Gasteiger charge is -2.21. The third kappa shape index (κ3) is 3.69. The van der Waals surface area contributed by atoms with Gasteiger partial charge in [0.1, 0.15) is 5.75 Å². The number of hydrogen-bond donors (Lipinski definition) is 1. The van der Waals surface area contributed by atoms with Crippen LogP contribution in [-0.2, 0) is 0 Å². The molecule has 31 heavy (non-hydrogen) atoms. The molecule has 0 atom stereocenters. The van der Waals surface area contributed by atoms with Gasteiger partial charge in [0.2, 0.25) is 5.88 Å². The van der Waals surface area contributed by atoms with E-state index in [1.807, 2.05) is 55.5 Å². The lowest BCUT2D eigenvalue weighted by atomic mass is 10.0. The van der Waals surface area contributed by atoms with Gasteiger partial charge in [-0.25, -0.2) is 0 Å². The smallest absolute Gasteiger partial charge is 0.264 e. The summed E-state index contributed by atoms with van der Waals surface area (Å²) in [7, 11) is 1.63. The minimum Gasteiger partial charge on any atom is -0.497 e. The zero-order valence-corrected chi connectivity index (χ0v) is 17.7. The Morgan fingerprint density at radius 1 is 1.13 bits per heavy atom. The predicted molar refractivity (Wildman–Crippen MR) is 122 cm³/mol. The number of pyridine rings is 2. The van der Waals surface area contributed by atoms with Gasteiger partial charge in [-0.1, -0.05) is 12.1 Å². The third-order valence-electron chi connectivity index (χ3n) is 5.75. The topological polar surface area (TPSA) is 65.4 Å². The van der Waals surface area contributed by atoms with Gasteiger partial charge in [-0.15, -0.1) is 0 Å². The Morgan fingerprint density at radius 2 is 1.94 bits per heavy atom. The van der Waals surface area contributed by atoms with Crippen molar-refractivity contribution in [3.05, 3.63) is 70.7 Å². The van der Waals surface area contributed by atoms with E-state index in [0.717, 1.165) is 22.4 Å². The van der Waals surface area contributed by atoms with Gasteiger partial charge < -0.3 is 14.8 Å². The summed E-state index contributed by atoms with van der Waals surface area (Å²) < 4.78 is 12.6. The van der Waals surface area contributed by atoms with Crippen LogP contribution in [0.25, 0.3) is 27.9 Å². The second kappa shape index (κ2) is 7.95. The first-order valence-electron chi connectivity index (χ1n) is 10.7. The average molecular weight is 415 g/mol. The molecule has 0 saturated heterocycles. The lowest BCUT2D eigenvalue weighted by Crippen LogP contribution is -2.29. The van der Waals surface area contributed by atoms with E-state index in [4.69, 9.17) is 9.47 Å². The summed E-state index contributed by atoms with van der Waals surface area (Å²) in [5.41, 5.74) is 4.10. The van der Waals surface area contributed by atoms with Gasteiger partial charge in [-0.05, 0) is 67.7 Å². The molecule has 1 aliphatic heterocycles. The molecule has 1 fully saturated rings. The number of dihydropyridines is 1. The molecule has 2 aromatic heterocycles. The Bertz CT molecular complexity index is 1250. The molecule has 1 aliphatic carbocycles. The highest BCUT2D eigenvalue weighted by atomic mass is 16.5. The Morgan fingerprint density at radius 3 is 2.58 bits per heavy atom. The number of benzene rings is 1. The van der Waals surface area contributed by atoms with Crippen molar-refractivity contribution < 1.29 is 9.47 Å². The zero-order chi connectivity index (χ0) is 21.4. The molecule has 0 unspecified atom stereocenters. The lowest BCUT2D eigenvalue weighted by molar-refractivity contribution is 0.328. The van der Waals surface area contributed by atoms with E-state index in [-0.39, 0.29) is 5.56 Å². The number of rotatable bonds is 6. The maximum absolute atomic E-state index is 13.7. The number of ether oxygens (including phenoxy) is 2. The quantitative estimate of drug-likeness (QED) is 0.653. The van der Waals surface area contributed by atoms with Crippen molar-refractivity contribution in [1.82, 2.24) is 14.9 Å². The highest BCUT2D eigenvalue weighted by molar-refractivity contribution is 5.85. The summed E-state index contributed by atoms with van der Waals surface area (Å²) in [5.74, 6) is 1.91. The first kappa shape index (κ1) is 19.4. The Kier molecular flexibility index (Phi) is 4.98. The van der Waals surface area contributed by atoms with Crippen molar-refractivity contribution in [1.29, 1.82) is 0 Å². The molecule has 3 heterocycles. The molecular formula is C25H25N3O3. The van der Waals surface area contributed by atoms with Gasteiger partial charge in [0.15, 0.2) is 5.65 Å². The SMILES string of the molecule is CCOc1ccc2cc(-c3ccc(OC)cc3)c(=O)n(C3=CC=C(C4CC4)NC3)c2n1. The highest BCUT2D eigenvalue weighted by Gasteiger charge is 2.27. The van der Waals surface area contributed by atoms with Crippen LogP contribution in [0, 0.1) is 5.92 Å². The summed E-state index contributed by atoms with van der Waals surface area (Å²) in [5, 5.41) is 4.37. The van der Waals surface area contributed by atoms with Crippen LogP contribution in [0.3, 0.4) is 0 Å². The van der Waals surface area contributed by atoms with Crippen LogP contribution in [0.15, 0.2) is 65.1 Å². The third-order valence-corrected chi connectivity index (χ3v) is 5.75. The van der Waals surface area contributed by atoms with Crippen LogP contribution in [0.4, 0.5) is 0 Å². The Balaban J connectivity index is 1.70. The first-order valence-corrected chi connectivity index (χ1v) is 10.7. The standard InChI is InChI=1S/C25H25N3O3/c1-3-31-23-13-8-18-14-21(16-6-10-20(30-2)11-7-16)25(29)28(24(18)27-23)19-9-12-22(26-15-19)17-4-5-17/h6-14,17,26H,3-5,15H2,1-2H3. The van der Waals surface area contributed by atoms with E-state index in [2.05, 4.69) is 16.4 Å². The summed E-state index contributed by atoms with van der Waals surface area (Å²) >= 11 is 0. The van der Waals surface area contributed by atoms with Crippen LogP contribution < -0.4 is 20.3 Å². The second-order valence-electron chi connectivity index (χ2n) is 7.83. The summed E-state index contributed by atoms with van der Waals surface area (Å²) in [4.78, 5) is 18.4. The summed E-state index contributed by atoms with van der Waals surface area (Å²) in [6, 6.07) is 13.3. The van der Waals surface area contributed by atoms with Crippen LogP contribution in [0.5, 0.6) is 11.6 Å². The summed E-state index contributed by atoms with van der Waals surface area (Å²) in [6.45, 7) is 3.03. The van der Waals surface area contributed by atoms with Gasteiger partial charge in [0, 0.05) is 28.4 Å². The Labute approximate surface area is 180 Å². The fourth-order valence-corrected chi connectivity index (χ4v) is 3.96. The number of hydrogen-bond acceptors (Lipinski definition) is 5. The van der Waals surface area contributed by atoms with Crippen molar-refractivity contribution in [2.75, 3.05) is 20.3 Å². The fraction of sp³-hybridized carbons (Fsp3) is 0.280. The van der Waals surface area contributed by atoms with E-state index >= 15 is 0 Å². The monoisotopic (exact) mass is 415 g/mol. The molecule has 0 spiro atoms. The van der Waals surface area contributed by atoms with Crippen molar-refractivity contribution in [2.24, 2.45) is 5.92 Å². The minimum absolute atomic E-state index is 0.102. The number of nitrogens with one attached hydrogen (secondary N) is 1. The maximum Gasteiger partial charge on any atom is 0.264 e. The van der Waals surface area contributed by atoms with E-state index in [9.17, 15) is 4.79 Å². The molecule has 158 valence electrons. The zero-order valence-electron chi connectivity index (χ0n) is 17.7. The molecular weight excluding hydrogens is 390 g/mol. The fourth-order valence-electron chi connectivity index (χ4n) is 3.96. The van der Waals surface area contributed by atoms with E-state index in [1.54, 1.807) is 11.7 Å².